The van der Waals surface area contributed by atoms with Crippen LogP contribution in [0.3, 0.4) is 0 Å². The molecule has 0 aromatic heterocycles. The Morgan fingerprint density at radius 3 is 2.65 bits per heavy atom. The fourth-order valence-corrected chi connectivity index (χ4v) is 1.23. The van der Waals surface area contributed by atoms with Crippen molar-refractivity contribution in [3.63, 3.8) is 0 Å². The molecule has 0 bridgehead atoms. The highest BCUT2D eigenvalue weighted by Crippen LogP contribution is 2.26. The number of carbonyl (C=O) groups is 1. The van der Waals surface area contributed by atoms with Gasteiger partial charge in [-0.2, -0.15) is 0 Å². The van der Waals surface area contributed by atoms with Crippen molar-refractivity contribution in [3.8, 4) is 0 Å². The van der Waals surface area contributed by atoms with Gasteiger partial charge in [0.1, 0.15) is 5.54 Å². The van der Waals surface area contributed by atoms with Gasteiger partial charge >= 0.3 is 0 Å². The minimum atomic E-state index is -2.87. The number of halogens is 3. The Morgan fingerprint density at radius 2 is 2.18 bits per heavy atom. The zero-order valence-electron chi connectivity index (χ0n) is 9.53. The molecule has 0 spiro atoms. The minimum absolute atomic E-state index is 0.0931. The smallest absolute Gasteiger partial charge is 0.260 e. The SMILES string of the molecule is CC(C)(C(F)F)N(F)N1C=CC=C(C(N)=O)C1. The summed E-state index contributed by atoms with van der Waals surface area (Å²) in [4.78, 5) is 10.9. The predicted octanol–water partition coefficient (Wildman–Crippen LogP) is 1.37. The summed E-state index contributed by atoms with van der Waals surface area (Å²) in [6, 6.07) is 0. The van der Waals surface area contributed by atoms with Gasteiger partial charge in [0.05, 0.1) is 6.54 Å². The average molecular weight is 249 g/mol. The molecule has 0 radical (unpaired) electrons. The van der Waals surface area contributed by atoms with E-state index in [2.05, 4.69) is 0 Å². The lowest BCUT2D eigenvalue weighted by Crippen LogP contribution is -2.52. The van der Waals surface area contributed by atoms with Crippen molar-refractivity contribution < 1.29 is 18.1 Å². The third kappa shape index (κ3) is 2.79. The van der Waals surface area contributed by atoms with Crippen molar-refractivity contribution in [2.45, 2.75) is 25.8 Å². The number of hydrogen-bond donors (Lipinski definition) is 1. The number of alkyl halides is 2. The van der Waals surface area contributed by atoms with E-state index in [-0.39, 0.29) is 17.3 Å². The first-order chi connectivity index (χ1) is 7.76. The van der Waals surface area contributed by atoms with Crippen LogP contribution in [0.2, 0.25) is 0 Å². The Morgan fingerprint density at radius 1 is 1.59 bits per heavy atom. The molecule has 0 aromatic rings. The predicted molar refractivity (Wildman–Crippen MR) is 56.2 cm³/mol. The lowest BCUT2D eigenvalue weighted by molar-refractivity contribution is -0.239. The molecular formula is C10H14F3N3O. The molecule has 1 rings (SSSR count). The molecule has 0 saturated carbocycles. The van der Waals surface area contributed by atoms with Crippen LogP contribution in [0, 0.1) is 0 Å². The van der Waals surface area contributed by atoms with E-state index in [1.807, 2.05) is 0 Å². The summed E-state index contributed by atoms with van der Waals surface area (Å²) in [6.07, 6.45) is 1.18. The molecule has 0 unspecified atom stereocenters. The molecule has 96 valence electrons. The number of nitrogens with zero attached hydrogens (tertiary/aromatic N) is 2. The number of hydrazine groups is 1. The zero-order valence-corrected chi connectivity index (χ0v) is 9.53. The monoisotopic (exact) mass is 249 g/mol. The number of carbonyl (C=O) groups excluding carboxylic acids is 1. The Balaban J connectivity index is 2.81. The van der Waals surface area contributed by atoms with Crippen molar-refractivity contribution >= 4 is 5.91 Å². The summed E-state index contributed by atoms with van der Waals surface area (Å²) in [5.41, 5.74) is 3.21. The number of primary amides is 1. The van der Waals surface area contributed by atoms with E-state index >= 15 is 0 Å². The van der Waals surface area contributed by atoms with Gasteiger partial charge in [-0.15, -0.1) is 4.48 Å². The summed E-state index contributed by atoms with van der Waals surface area (Å²) < 4.78 is 39.1. The van der Waals surface area contributed by atoms with Crippen LogP contribution in [0.1, 0.15) is 13.8 Å². The third-order valence-corrected chi connectivity index (χ3v) is 2.44. The van der Waals surface area contributed by atoms with Crippen molar-refractivity contribution in [1.29, 1.82) is 0 Å². The number of allylic oxidation sites excluding steroid dienone is 2. The average Bonchev–Trinajstić information content (AvgIpc) is 2.27. The van der Waals surface area contributed by atoms with Gasteiger partial charge in [-0.25, -0.2) is 8.78 Å². The molecule has 0 saturated heterocycles. The first-order valence-electron chi connectivity index (χ1n) is 4.94. The molecule has 0 fully saturated rings. The van der Waals surface area contributed by atoms with E-state index in [0.29, 0.717) is 0 Å². The van der Waals surface area contributed by atoms with Crippen LogP contribution in [0.15, 0.2) is 23.9 Å². The van der Waals surface area contributed by atoms with E-state index < -0.39 is 17.9 Å². The van der Waals surface area contributed by atoms with E-state index in [0.717, 1.165) is 18.9 Å². The summed E-state index contributed by atoms with van der Waals surface area (Å²) in [6.45, 7) is 1.96. The number of rotatable bonds is 4. The molecule has 1 aliphatic heterocycles. The molecular weight excluding hydrogens is 235 g/mol. The zero-order chi connectivity index (χ0) is 13.2. The summed E-state index contributed by atoms with van der Waals surface area (Å²) in [5.74, 6) is -0.706. The van der Waals surface area contributed by atoms with Gasteiger partial charge in [0.2, 0.25) is 5.91 Å². The molecule has 0 aromatic carbocycles. The lowest BCUT2D eigenvalue weighted by Gasteiger charge is -2.38. The highest BCUT2D eigenvalue weighted by Gasteiger charge is 2.40. The number of amides is 1. The highest BCUT2D eigenvalue weighted by molar-refractivity contribution is 5.92. The highest BCUT2D eigenvalue weighted by atomic mass is 19.3. The Bertz CT molecular complexity index is 366. The fourth-order valence-electron chi connectivity index (χ4n) is 1.23. The van der Waals surface area contributed by atoms with Crippen LogP contribution in [-0.2, 0) is 4.79 Å². The quantitative estimate of drug-likeness (QED) is 0.766. The van der Waals surface area contributed by atoms with Gasteiger partial charge in [0.25, 0.3) is 6.43 Å². The maximum absolute atomic E-state index is 13.8. The van der Waals surface area contributed by atoms with E-state index in [1.54, 1.807) is 0 Å². The first-order valence-corrected chi connectivity index (χ1v) is 4.94. The molecule has 2 N–H and O–H groups in total. The topological polar surface area (TPSA) is 49.6 Å². The fraction of sp³-hybridized carbons (Fsp3) is 0.500. The number of hydrogen-bond acceptors (Lipinski definition) is 3. The third-order valence-electron chi connectivity index (χ3n) is 2.44. The minimum Gasteiger partial charge on any atom is -0.366 e. The second kappa shape index (κ2) is 4.79. The van der Waals surface area contributed by atoms with Gasteiger partial charge in [0.15, 0.2) is 0 Å². The van der Waals surface area contributed by atoms with Crippen molar-refractivity contribution in [2.75, 3.05) is 6.54 Å². The Kier molecular flexibility index (Phi) is 3.82. The van der Waals surface area contributed by atoms with E-state index in [1.165, 1.54) is 18.4 Å². The van der Waals surface area contributed by atoms with Gasteiger partial charge in [-0.3, -0.25) is 9.80 Å². The van der Waals surface area contributed by atoms with Crippen molar-refractivity contribution in [3.05, 3.63) is 23.9 Å². The maximum Gasteiger partial charge on any atom is 0.260 e. The van der Waals surface area contributed by atoms with Crippen LogP contribution < -0.4 is 5.73 Å². The second-order valence-corrected chi connectivity index (χ2v) is 4.21. The van der Waals surface area contributed by atoms with Crippen LogP contribution >= 0.6 is 0 Å². The van der Waals surface area contributed by atoms with Crippen molar-refractivity contribution in [2.24, 2.45) is 5.73 Å². The molecule has 1 aliphatic rings. The van der Waals surface area contributed by atoms with Crippen LogP contribution in [0.4, 0.5) is 13.3 Å². The first kappa shape index (κ1) is 13.6. The largest absolute Gasteiger partial charge is 0.366 e. The summed E-state index contributed by atoms with van der Waals surface area (Å²) >= 11 is 0. The van der Waals surface area contributed by atoms with Gasteiger partial charge < -0.3 is 5.73 Å². The molecule has 17 heavy (non-hydrogen) atoms. The Labute approximate surface area is 97.1 Å². The van der Waals surface area contributed by atoms with Crippen LogP contribution in [0.25, 0.3) is 0 Å². The van der Waals surface area contributed by atoms with E-state index in [9.17, 15) is 18.1 Å². The lowest BCUT2D eigenvalue weighted by atomic mass is 10.1. The Hall–Kier alpha value is -1.50. The summed E-state index contributed by atoms with van der Waals surface area (Å²) in [5, 5.41) is 0.788. The van der Waals surface area contributed by atoms with Crippen LogP contribution in [-0.4, -0.2) is 34.7 Å². The molecule has 1 heterocycles. The van der Waals surface area contributed by atoms with E-state index in [4.69, 9.17) is 5.73 Å². The molecule has 0 atom stereocenters. The number of nitrogens with two attached hydrogens (primary N) is 1. The van der Waals surface area contributed by atoms with Crippen LogP contribution in [0.5, 0.6) is 0 Å². The van der Waals surface area contributed by atoms with Gasteiger partial charge in [-0.1, -0.05) is 6.08 Å². The van der Waals surface area contributed by atoms with Crippen molar-refractivity contribution in [1.82, 2.24) is 10.2 Å². The normalized spacial score (nSPS) is 16.6. The summed E-state index contributed by atoms with van der Waals surface area (Å²) in [7, 11) is 0. The maximum atomic E-state index is 13.8. The molecule has 7 heteroatoms. The molecule has 1 amide bonds. The standard InChI is InChI=1S/C10H14F3N3O/c1-10(2,9(11)12)16(13)15-5-3-4-7(6-15)8(14)17/h3-5,9H,6H2,1-2H3,(H2,14,17). The van der Waals surface area contributed by atoms with Gasteiger partial charge in [-0.05, 0) is 25.2 Å². The van der Waals surface area contributed by atoms with Gasteiger partial charge in [0, 0.05) is 11.8 Å². The molecule has 4 nitrogen and oxygen atoms in total. The second-order valence-electron chi connectivity index (χ2n) is 4.21. The molecule has 0 aliphatic carbocycles.